The van der Waals surface area contributed by atoms with Crippen LogP contribution in [0.2, 0.25) is 0 Å². The number of hydrogen-bond donors (Lipinski definition) is 2. The van der Waals surface area contributed by atoms with Gasteiger partial charge in [-0.3, -0.25) is 9.59 Å². The fraction of sp³-hybridized carbons (Fsp3) is 0.467. The molecule has 0 unspecified atom stereocenters. The summed E-state index contributed by atoms with van der Waals surface area (Å²) in [6.45, 7) is 7.31. The van der Waals surface area contributed by atoms with Crippen LogP contribution in [0.5, 0.6) is 0 Å². The number of hydrogen-bond acceptors (Lipinski definition) is 2. The standard InChI is InChI=1S/C15H22N2O2/c1-5-10(2)13-8-6-7-9-14(13)17-15(19)11(3)16-12(4)18/h6-11H,5H2,1-4H3,(H,16,18)(H,17,19)/t10-,11-/m0/s1. The van der Waals surface area contributed by atoms with Crippen LogP contribution >= 0.6 is 0 Å². The van der Waals surface area contributed by atoms with Crippen molar-refractivity contribution in [2.75, 3.05) is 5.32 Å². The largest absolute Gasteiger partial charge is 0.345 e. The Balaban J connectivity index is 2.82. The van der Waals surface area contributed by atoms with E-state index >= 15 is 0 Å². The third-order valence-electron chi connectivity index (χ3n) is 3.18. The fourth-order valence-corrected chi connectivity index (χ4v) is 1.87. The lowest BCUT2D eigenvalue weighted by molar-refractivity contribution is -0.124. The van der Waals surface area contributed by atoms with Gasteiger partial charge in [-0.15, -0.1) is 0 Å². The SMILES string of the molecule is CC[C@H](C)c1ccccc1NC(=O)[C@H](C)NC(C)=O. The molecule has 0 aliphatic rings. The van der Waals surface area contributed by atoms with E-state index in [4.69, 9.17) is 0 Å². The Hall–Kier alpha value is -1.84. The number of amides is 2. The zero-order valence-electron chi connectivity index (χ0n) is 12.0. The van der Waals surface area contributed by atoms with E-state index in [1.807, 2.05) is 24.3 Å². The van der Waals surface area contributed by atoms with Crippen LogP contribution in [0.3, 0.4) is 0 Å². The van der Waals surface area contributed by atoms with Crippen molar-refractivity contribution < 1.29 is 9.59 Å². The van der Waals surface area contributed by atoms with E-state index in [9.17, 15) is 9.59 Å². The topological polar surface area (TPSA) is 58.2 Å². The molecule has 4 nitrogen and oxygen atoms in total. The Morgan fingerprint density at radius 3 is 2.42 bits per heavy atom. The van der Waals surface area contributed by atoms with Gasteiger partial charge in [-0.1, -0.05) is 32.0 Å². The van der Waals surface area contributed by atoms with Gasteiger partial charge in [-0.05, 0) is 30.9 Å². The average molecular weight is 262 g/mol. The molecule has 0 aliphatic carbocycles. The Morgan fingerprint density at radius 1 is 1.21 bits per heavy atom. The molecule has 1 aromatic carbocycles. The van der Waals surface area contributed by atoms with Gasteiger partial charge in [0.2, 0.25) is 11.8 Å². The van der Waals surface area contributed by atoms with Crippen molar-refractivity contribution >= 4 is 17.5 Å². The van der Waals surface area contributed by atoms with Crippen molar-refractivity contribution in [1.82, 2.24) is 5.32 Å². The highest BCUT2D eigenvalue weighted by atomic mass is 16.2. The zero-order chi connectivity index (χ0) is 14.4. The van der Waals surface area contributed by atoms with Gasteiger partial charge < -0.3 is 10.6 Å². The highest BCUT2D eigenvalue weighted by Gasteiger charge is 2.16. The summed E-state index contributed by atoms with van der Waals surface area (Å²) in [5.41, 5.74) is 1.94. The van der Waals surface area contributed by atoms with Gasteiger partial charge in [-0.25, -0.2) is 0 Å². The minimum atomic E-state index is -0.539. The van der Waals surface area contributed by atoms with E-state index < -0.39 is 6.04 Å². The smallest absolute Gasteiger partial charge is 0.246 e. The lowest BCUT2D eigenvalue weighted by Gasteiger charge is -2.18. The Morgan fingerprint density at radius 2 is 1.84 bits per heavy atom. The lowest BCUT2D eigenvalue weighted by atomic mass is 9.97. The lowest BCUT2D eigenvalue weighted by Crippen LogP contribution is -2.40. The molecule has 0 aliphatic heterocycles. The Kier molecular flexibility index (Phi) is 5.55. The maximum Gasteiger partial charge on any atom is 0.246 e. The second-order valence-corrected chi connectivity index (χ2v) is 4.81. The van der Waals surface area contributed by atoms with Crippen LogP contribution in [0, 0.1) is 0 Å². The summed E-state index contributed by atoms with van der Waals surface area (Å²) < 4.78 is 0. The van der Waals surface area contributed by atoms with Gasteiger partial charge in [0.05, 0.1) is 0 Å². The van der Waals surface area contributed by atoms with Crippen LogP contribution in [0.4, 0.5) is 5.69 Å². The number of rotatable bonds is 5. The molecule has 0 saturated carbocycles. The van der Waals surface area contributed by atoms with Crippen molar-refractivity contribution in [2.24, 2.45) is 0 Å². The molecule has 4 heteroatoms. The van der Waals surface area contributed by atoms with Crippen molar-refractivity contribution in [2.45, 2.75) is 46.1 Å². The first-order valence-corrected chi connectivity index (χ1v) is 6.62. The summed E-state index contributed by atoms with van der Waals surface area (Å²) in [7, 11) is 0. The molecule has 0 bridgehead atoms. The van der Waals surface area contributed by atoms with E-state index in [2.05, 4.69) is 24.5 Å². The molecule has 1 aromatic rings. The molecule has 104 valence electrons. The van der Waals surface area contributed by atoms with Gasteiger partial charge in [0.25, 0.3) is 0 Å². The van der Waals surface area contributed by atoms with Crippen LogP contribution in [-0.2, 0) is 9.59 Å². The van der Waals surface area contributed by atoms with Crippen LogP contribution in [-0.4, -0.2) is 17.9 Å². The molecule has 1 rings (SSSR count). The summed E-state index contributed by atoms with van der Waals surface area (Å²) in [6.07, 6.45) is 1.01. The second kappa shape index (κ2) is 6.92. The first-order valence-electron chi connectivity index (χ1n) is 6.62. The first-order chi connectivity index (χ1) is 8.95. The highest BCUT2D eigenvalue weighted by Crippen LogP contribution is 2.26. The molecular weight excluding hydrogens is 240 g/mol. The van der Waals surface area contributed by atoms with E-state index in [1.165, 1.54) is 6.92 Å². The molecule has 2 N–H and O–H groups in total. The zero-order valence-corrected chi connectivity index (χ0v) is 12.0. The van der Waals surface area contributed by atoms with E-state index in [0.29, 0.717) is 5.92 Å². The van der Waals surface area contributed by atoms with E-state index in [0.717, 1.165) is 17.7 Å². The third kappa shape index (κ3) is 4.39. The quantitative estimate of drug-likeness (QED) is 0.857. The van der Waals surface area contributed by atoms with Crippen molar-refractivity contribution in [3.05, 3.63) is 29.8 Å². The molecule has 19 heavy (non-hydrogen) atoms. The van der Waals surface area contributed by atoms with Crippen LogP contribution in [0.1, 0.15) is 45.6 Å². The summed E-state index contributed by atoms with van der Waals surface area (Å²) >= 11 is 0. The monoisotopic (exact) mass is 262 g/mol. The number of benzene rings is 1. The van der Waals surface area contributed by atoms with Crippen LogP contribution < -0.4 is 10.6 Å². The molecule has 0 radical (unpaired) electrons. The molecular formula is C15H22N2O2. The summed E-state index contributed by atoms with van der Waals surface area (Å²) in [4.78, 5) is 22.9. The van der Waals surface area contributed by atoms with Gasteiger partial charge in [0, 0.05) is 12.6 Å². The Bertz CT molecular complexity index is 457. The van der Waals surface area contributed by atoms with Gasteiger partial charge in [0.1, 0.15) is 6.04 Å². The molecule has 0 aromatic heterocycles. The first kappa shape index (κ1) is 15.2. The van der Waals surface area contributed by atoms with Gasteiger partial charge >= 0.3 is 0 Å². The molecule has 0 saturated heterocycles. The van der Waals surface area contributed by atoms with E-state index in [-0.39, 0.29) is 11.8 Å². The number of nitrogens with one attached hydrogen (secondary N) is 2. The van der Waals surface area contributed by atoms with Crippen molar-refractivity contribution in [3.63, 3.8) is 0 Å². The van der Waals surface area contributed by atoms with Crippen molar-refractivity contribution in [1.29, 1.82) is 0 Å². The summed E-state index contributed by atoms with van der Waals surface area (Å²) in [6, 6.07) is 7.23. The van der Waals surface area contributed by atoms with E-state index in [1.54, 1.807) is 6.92 Å². The van der Waals surface area contributed by atoms with Crippen LogP contribution in [0.15, 0.2) is 24.3 Å². The summed E-state index contributed by atoms with van der Waals surface area (Å²) in [5, 5.41) is 5.45. The highest BCUT2D eigenvalue weighted by molar-refractivity contribution is 5.97. The normalized spacial score (nSPS) is 13.5. The van der Waals surface area contributed by atoms with Gasteiger partial charge in [-0.2, -0.15) is 0 Å². The predicted molar refractivity (Wildman–Crippen MR) is 77.1 cm³/mol. The molecule has 0 fully saturated rings. The maximum absolute atomic E-state index is 12.0. The number of anilines is 1. The average Bonchev–Trinajstić information content (AvgIpc) is 2.37. The second-order valence-electron chi connectivity index (χ2n) is 4.81. The van der Waals surface area contributed by atoms with Crippen LogP contribution in [0.25, 0.3) is 0 Å². The molecule has 2 atom stereocenters. The minimum Gasteiger partial charge on any atom is -0.345 e. The molecule has 2 amide bonds. The number of para-hydroxylation sites is 1. The van der Waals surface area contributed by atoms with Gasteiger partial charge in [0.15, 0.2) is 0 Å². The predicted octanol–water partition coefficient (Wildman–Crippen LogP) is 2.66. The number of carbonyl (C=O) groups excluding carboxylic acids is 2. The molecule has 0 spiro atoms. The fourth-order valence-electron chi connectivity index (χ4n) is 1.87. The third-order valence-corrected chi connectivity index (χ3v) is 3.18. The Labute approximate surface area is 114 Å². The molecule has 0 heterocycles. The van der Waals surface area contributed by atoms with Crippen molar-refractivity contribution in [3.8, 4) is 0 Å². The minimum absolute atomic E-state index is 0.203. The maximum atomic E-state index is 12.0. The summed E-state index contributed by atoms with van der Waals surface area (Å²) in [5.74, 6) is -0.0311. The number of carbonyl (C=O) groups is 2.